The second kappa shape index (κ2) is 6.59. The molecule has 1 aromatic rings. The van der Waals surface area contributed by atoms with E-state index in [0.29, 0.717) is 15.3 Å². The van der Waals surface area contributed by atoms with Gasteiger partial charge in [-0.05, 0) is 0 Å². The van der Waals surface area contributed by atoms with Crippen molar-refractivity contribution in [3.8, 4) is 0 Å². The third-order valence-electron chi connectivity index (χ3n) is 2.16. The number of carbonyl (C=O) groups excluding carboxylic acids is 1. The molecule has 6 heteroatoms. The van der Waals surface area contributed by atoms with Crippen LogP contribution < -0.4 is 8.39 Å². The second-order valence-corrected chi connectivity index (χ2v) is 8.66. The molecular formula is C11H13HgNO4. The summed E-state index contributed by atoms with van der Waals surface area (Å²) in [7, 11) is 0. The first-order valence-corrected chi connectivity index (χ1v) is 10.3. The van der Waals surface area contributed by atoms with Crippen molar-refractivity contribution in [1.29, 1.82) is 0 Å². The molecule has 1 aromatic carbocycles. The van der Waals surface area contributed by atoms with Crippen LogP contribution >= 0.6 is 0 Å². The number of anilines is 1. The predicted molar refractivity (Wildman–Crippen MR) is 59.0 cm³/mol. The average Bonchev–Trinajstić information content (AvgIpc) is 2.26. The molecule has 0 heterocycles. The van der Waals surface area contributed by atoms with Crippen LogP contribution in [0.15, 0.2) is 18.2 Å². The van der Waals surface area contributed by atoms with Crippen molar-refractivity contribution in [2.75, 3.05) is 11.9 Å². The van der Waals surface area contributed by atoms with E-state index in [2.05, 4.69) is 5.32 Å². The van der Waals surface area contributed by atoms with Gasteiger partial charge in [0.15, 0.2) is 0 Å². The van der Waals surface area contributed by atoms with Crippen molar-refractivity contribution in [2.24, 2.45) is 0 Å². The number of carboxylic acids is 1. The Hall–Kier alpha value is -1.10. The Bertz CT molecular complexity index is 433. The molecule has 88 valence electrons. The number of hydrogen-bond acceptors (Lipinski definition) is 4. The Labute approximate surface area is 112 Å². The third kappa shape index (κ3) is 4.00. The zero-order valence-electron chi connectivity index (χ0n) is 9.82. The van der Waals surface area contributed by atoms with Crippen LogP contribution in [-0.4, -0.2) is 23.6 Å². The molecule has 0 aromatic heterocycles. The van der Waals surface area contributed by atoms with Gasteiger partial charge in [-0.15, -0.1) is 0 Å². The van der Waals surface area contributed by atoms with Crippen molar-refractivity contribution in [1.82, 2.24) is 0 Å². The molecule has 0 aliphatic carbocycles. The molecule has 5 nitrogen and oxygen atoms in total. The summed E-state index contributed by atoms with van der Waals surface area (Å²) < 4.78 is 5.74. The van der Waals surface area contributed by atoms with Crippen LogP contribution in [0, 0.1) is 0 Å². The molecule has 0 spiro atoms. The van der Waals surface area contributed by atoms with E-state index in [1.54, 1.807) is 18.2 Å². The number of carboxylic acid groups (broad SMARTS) is 1. The van der Waals surface area contributed by atoms with E-state index in [-0.39, 0.29) is 11.5 Å². The van der Waals surface area contributed by atoms with Crippen LogP contribution in [0.2, 0.25) is 0 Å². The SMILES string of the molecule is CCNc1ccc[c]([Hg][O]C(C)=O)c1C(=O)O. The minimum absolute atomic E-state index is 0.247. The van der Waals surface area contributed by atoms with Gasteiger partial charge < -0.3 is 0 Å². The summed E-state index contributed by atoms with van der Waals surface area (Å²) in [5.41, 5.74) is 0.835. The zero-order valence-corrected chi connectivity index (χ0v) is 15.3. The van der Waals surface area contributed by atoms with Gasteiger partial charge >= 0.3 is 113 Å². The molecule has 0 bridgehead atoms. The summed E-state index contributed by atoms with van der Waals surface area (Å²) in [6.07, 6.45) is 0. The van der Waals surface area contributed by atoms with Crippen LogP contribution in [0.3, 0.4) is 0 Å². The normalized spacial score (nSPS) is 9.29. The van der Waals surface area contributed by atoms with Crippen molar-refractivity contribution in [3.63, 3.8) is 0 Å². The Balaban J connectivity index is 3.06. The van der Waals surface area contributed by atoms with E-state index in [0.717, 1.165) is 0 Å². The van der Waals surface area contributed by atoms with E-state index < -0.39 is 31.0 Å². The zero-order chi connectivity index (χ0) is 12.8. The van der Waals surface area contributed by atoms with Crippen molar-refractivity contribution in [2.45, 2.75) is 13.8 Å². The number of benzene rings is 1. The molecule has 0 fully saturated rings. The fourth-order valence-electron chi connectivity index (χ4n) is 1.49. The van der Waals surface area contributed by atoms with Gasteiger partial charge in [-0.3, -0.25) is 0 Å². The number of carbonyl (C=O) groups is 2. The van der Waals surface area contributed by atoms with Crippen LogP contribution in [0.4, 0.5) is 5.69 Å². The maximum absolute atomic E-state index is 11.2. The predicted octanol–water partition coefficient (Wildman–Crippen LogP) is 1.00. The summed E-state index contributed by atoms with van der Waals surface area (Å²) in [6.45, 7) is 3.89. The molecule has 0 saturated carbocycles. The number of hydrogen-bond donors (Lipinski definition) is 2. The molecule has 17 heavy (non-hydrogen) atoms. The monoisotopic (exact) mass is 425 g/mol. The van der Waals surface area contributed by atoms with E-state index in [1.807, 2.05) is 6.92 Å². The average molecular weight is 424 g/mol. The summed E-state index contributed by atoms with van der Waals surface area (Å²) in [6, 6.07) is 5.23. The molecule has 1 rings (SSSR count). The van der Waals surface area contributed by atoms with Crippen LogP contribution in [0.25, 0.3) is 0 Å². The minimum atomic E-state index is -2.12. The summed E-state index contributed by atoms with van der Waals surface area (Å²) in [5, 5.41) is 12.2. The first-order valence-electron chi connectivity index (χ1n) is 5.28. The first-order chi connectivity index (χ1) is 8.06. The molecule has 0 unspecified atom stereocenters. The van der Waals surface area contributed by atoms with Gasteiger partial charge in [-0.1, -0.05) is 0 Å². The molecule has 0 aliphatic rings. The topological polar surface area (TPSA) is 75.6 Å². The molecule has 2 N–H and O–H groups in total. The van der Waals surface area contributed by atoms with Crippen molar-refractivity contribution < 1.29 is 42.4 Å². The number of rotatable bonds is 5. The van der Waals surface area contributed by atoms with Crippen LogP contribution in [0.5, 0.6) is 0 Å². The van der Waals surface area contributed by atoms with E-state index in [1.165, 1.54) is 6.92 Å². The van der Waals surface area contributed by atoms with Gasteiger partial charge in [0.2, 0.25) is 0 Å². The second-order valence-electron chi connectivity index (χ2n) is 3.46. The molecular weight excluding hydrogens is 411 g/mol. The summed E-state index contributed by atoms with van der Waals surface area (Å²) in [4.78, 5) is 22.0. The van der Waals surface area contributed by atoms with E-state index in [4.69, 9.17) is 2.64 Å². The van der Waals surface area contributed by atoms with Gasteiger partial charge in [-0.25, -0.2) is 0 Å². The molecule has 0 atom stereocenters. The van der Waals surface area contributed by atoms with Crippen molar-refractivity contribution >= 4 is 20.7 Å². The van der Waals surface area contributed by atoms with Crippen molar-refractivity contribution in [3.05, 3.63) is 23.8 Å². The van der Waals surface area contributed by atoms with E-state index >= 15 is 0 Å². The van der Waals surface area contributed by atoms with E-state index in [9.17, 15) is 14.7 Å². The number of aromatic carboxylic acids is 1. The van der Waals surface area contributed by atoms with Gasteiger partial charge in [0.25, 0.3) is 0 Å². The molecule has 0 radical (unpaired) electrons. The quantitative estimate of drug-likeness (QED) is 0.691. The third-order valence-corrected chi connectivity index (χ3v) is 7.80. The fraction of sp³-hybridized carbons (Fsp3) is 0.273. The Morgan fingerprint density at radius 2 is 2.18 bits per heavy atom. The first kappa shape index (κ1) is 14.0. The Morgan fingerprint density at radius 3 is 2.71 bits per heavy atom. The molecule has 0 aliphatic heterocycles. The maximum atomic E-state index is 11.2. The molecule has 0 amide bonds. The molecule has 0 saturated heterocycles. The van der Waals surface area contributed by atoms with Gasteiger partial charge in [0, 0.05) is 0 Å². The standard InChI is InChI=1S/C9H10NO2.C2H4O2.Hg/c1-2-10-8-6-4-3-5-7(8)9(11)12;1-2(3)4;/h3-4,6,10H,2H2,1H3,(H,11,12);1H3,(H,3,4);/q;;+1/p-1. The summed E-state index contributed by atoms with van der Waals surface area (Å²) in [5.74, 6) is -1.32. The van der Waals surface area contributed by atoms with Gasteiger partial charge in [0.1, 0.15) is 0 Å². The number of nitrogens with one attached hydrogen (secondary N) is 1. The van der Waals surface area contributed by atoms with Crippen LogP contribution in [-0.2, 0) is 32.5 Å². The van der Waals surface area contributed by atoms with Crippen LogP contribution in [0.1, 0.15) is 24.2 Å². The Morgan fingerprint density at radius 1 is 1.47 bits per heavy atom. The fourth-order valence-corrected chi connectivity index (χ4v) is 5.68. The Kier molecular flexibility index (Phi) is 5.41. The van der Waals surface area contributed by atoms with Gasteiger partial charge in [-0.2, -0.15) is 0 Å². The summed E-state index contributed by atoms with van der Waals surface area (Å²) >= 11 is -2.12. The van der Waals surface area contributed by atoms with Gasteiger partial charge in [0.05, 0.1) is 0 Å².